The van der Waals surface area contributed by atoms with Crippen LogP contribution < -0.4 is 15.5 Å². The zero-order chi connectivity index (χ0) is 15.2. The second-order valence-electron chi connectivity index (χ2n) is 6.78. The second-order valence-corrected chi connectivity index (χ2v) is 6.78. The minimum absolute atomic E-state index is 0.853. The van der Waals surface area contributed by atoms with Crippen molar-refractivity contribution in [3.63, 3.8) is 0 Å². The third-order valence-electron chi connectivity index (χ3n) is 5.03. The van der Waals surface area contributed by atoms with Gasteiger partial charge in [0.1, 0.15) is 0 Å². The van der Waals surface area contributed by atoms with Crippen molar-refractivity contribution in [2.24, 2.45) is 5.92 Å². The molecule has 4 heteroatoms. The van der Waals surface area contributed by atoms with Gasteiger partial charge in [0.05, 0.1) is 0 Å². The lowest BCUT2D eigenvalue weighted by Gasteiger charge is -2.34. The number of likely N-dealkylation sites (N-methyl/N-ethyl adjacent to an activating group) is 1. The number of piperidine rings is 1. The molecule has 4 nitrogen and oxygen atoms in total. The highest BCUT2D eigenvalue weighted by Crippen LogP contribution is 2.17. The van der Waals surface area contributed by atoms with E-state index in [0.717, 1.165) is 32.1 Å². The lowest BCUT2D eigenvalue weighted by atomic mass is 9.98. The van der Waals surface area contributed by atoms with Gasteiger partial charge in [0.2, 0.25) is 0 Å². The zero-order valence-corrected chi connectivity index (χ0v) is 13.9. The SMILES string of the molecule is CN1CCN(c2ccc(CNCC3CCNCC3)cc2)CC1. The molecule has 0 amide bonds. The Kier molecular flexibility index (Phi) is 5.70. The molecule has 2 fully saturated rings. The molecule has 0 saturated carbocycles. The van der Waals surface area contributed by atoms with E-state index in [1.54, 1.807) is 0 Å². The first-order valence-corrected chi connectivity index (χ1v) is 8.75. The summed E-state index contributed by atoms with van der Waals surface area (Å²) in [4.78, 5) is 4.89. The van der Waals surface area contributed by atoms with Crippen molar-refractivity contribution in [1.82, 2.24) is 15.5 Å². The minimum atomic E-state index is 0.853. The molecule has 1 aromatic carbocycles. The monoisotopic (exact) mass is 302 g/mol. The Morgan fingerprint density at radius 1 is 1.05 bits per heavy atom. The van der Waals surface area contributed by atoms with Crippen LogP contribution in [0.25, 0.3) is 0 Å². The Hall–Kier alpha value is -1.10. The molecular weight excluding hydrogens is 272 g/mol. The third-order valence-corrected chi connectivity index (χ3v) is 5.03. The highest BCUT2D eigenvalue weighted by atomic mass is 15.2. The van der Waals surface area contributed by atoms with Gasteiger partial charge in [-0.3, -0.25) is 0 Å². The average molecular weight is 302 g/mol. The molecule has 0 aliphatic carbocycles. The van der Waals surface area contributed by atoms with E-state index in [4.69, 9.17) is 0 Å². The van der Waals surface area contributed by atoms with Crippen LogP contribution in [0.2, 0.25) is 0 Å². The third kappa shape index (κ3) is 4.45. The zero-order valence-electron chi connectivity index (χ0n) is 13.9. The number of piperazine rings is 1. The maximum Gasteiger partial charge on any atom is 0.0367 e. The van der Waals surface area contributed by atoms with Gasteiger partial charge < -0.3 is 20.4 Å². The summed E-state index contributed by atoms with van der Waals surface area (Å²) in [5, 5.41) is 7.06. The molecule has 122 valence electrons. The summed E-state index contributed by atoms with van der Waals surface area (Å²) in [6.07, 6.45) is 2.63. The summed E-state index contributed by atoms with van der Waals surface area (Å²) < 4.78 is 0. The molecule has 2 aliphatic heterocycles. The molecular formula is C18H30N4. The van der Waals surface area contributed by atoms with Gasteiger partial charge in [-0.1, -0.05) is 12.1 Å². The fourth-order valence-electron chi connectivity index (χ4n) is 3.40. The number of hydrogen-bond acceptors (Lipinski definition) is 4. The molecule has 22 heavy (non-hydrogen) atoms. The average Bonchev–Trinajstić information content (AvgIpc) is 2.57. The van der Waals surface area contributed by atoms with Gasteiger partial charge in [-0.25, -0.2) is 0 Å². The largest absolute Gasteiger partial charge is 0.369 e. The number of hydrogen-bond donors (Lipinski definition) is 2. The van der Waals surface area contributed by atoms with Crippen LogP contribution in [0.4, 0.5) is 5.69 Å². The van der Waals surface area contributed by atoms with Crippen molar-refractivity contribution >= 4 is 5.69 Å². The van der Waals surface area contributed by atoms with Crippen LogP contribution in [0.15, 0.2) is 24.3 Å². The van der Waals surface area contributed by atoms with Gasteiger partial charge in [-0.2, -0.15) is 0 Å². The predicted molar refractivity (Wildman–Crippen MR) is 93.5 cm³/mol. The molecule has 1 aromatic rings. The molecule has 0 unspecified atom stereocenters. The molecule has 2 N–H and O–H groups in total. The Balaban J connectivity index is 1.43. The summed E-state index contributed by atoms with van der Waals surface area (Å²) >= 11 is 0. The van der Waals surface area contributed by atoms with E-state index in [-0.39, 0.29) is 0 Å². The van der Waals surface area contributed by atoms with Gasteiger partial charge in [-0.05, 0) is 63.1 Å². The molecule has 2 aliphatic rings. The fraction of sp³-hybridized carbons (Fsp3) is 0.667. The highest BCUT2D eigenvalue weighted by molar-refractivity contribution is 5.48. The summed E-state index contributed by atoms with van der Waals surface area (Å²) in [5.74, 6) is 0.853. The van der Waals surface area contributed by atoms with Crippen molar-refractivity contribution in [1.29, 1.82) is 0 Å². The maximum absolute atomic E-state index is 3.63. The first-order chi connectivity index (χ1) is 10.8. The number of nitrogens with zero attached hydrogens (tertiary/aromatic N) is 2. The lowest BCUT2D eigenvalue weighted by Crippen LogP contribution is -2.44. The number of nitrogens with one attached hydrogen (secondary N) is 2. The predicted octanol–water partition coefficient (Wildman–Crippen LogP) is 1.53. The van der Waals surface area contributed by atoms with Gasteiger partial charge in [0, 0.05) is 38.4 Å². The summed E-state index contributed by atoms with van der Waals surface area (Å²) in [5.41, 5.74) is 2.77. The van der Waals surface area contributed by atoms with E-state index in [9.17, 15) is 0 Å². The van der Waals surface area contributed by atoms with Crippen molar-refractivity contribution in [2.45, 2.75) is 19.4 Å². The molecule has 3 rings (SSSR count). The van der Waals surface area contributed by atoms with E-state index >= 15 is 0 Å². The Morgan fingerprint density at radius 3 is 2.41 bits per heavy atom. The molecule has 0 radical (unpaired) electrons. The quantitative estimate of drug-likeness (QED) is 0.863. The van der Waals surface area contributed by atoms with E-state index in [0.29, 0.717) is 0 Å². The van der Waals surface area contributed by atoms with Crippen molar-refractivity contribution in [3.8, 4) is 0 Å². The molecule has 2 heterocycles. The van der Waals surface area contributed by atoms with E-state index in [1.165, 1.54) is 50.3 Å². The van der Waals surface area contributed by atoms with Crippen molar-refractivity contribution in [3.05, 3.63) is 29.8 Å². The van der Waals surface area contributed by atoms with Crippen molar-refractivity contribution < 1.29 is 0 Å². The van der Waals surface area contributed by atoms with Crippen LogP contribution >= 0.6 is 0 Å². The Bertz CT molecular complexity index is 431. The molecule has 0 bridgehead atoms. The van der Waals surface area contributed by atoms with E-state index < -0.39 is 0 Å². The normalized spacial score (nSPS) is 21.2. The fourth-order valence-corrected chi connectivity index (χ4v) is 3.40. The first kappa shape index (κ1) is 15.8. The Labute approximate surface area is 134 Å². The number of rotatable bonds is 5. The van der Waals surface area contributed by atoms with Crippen LogP contribution in [-0.4, -0.2) is 57.8 Å². The molecule has 0 atom stereocenters. The van der Waals surface area contributed by atoms with Crippen LogP contribution in [0.3, 0.4) is 0 Å². The standard InChI is InChI=1S/C18H30N4/c1-21-10-12-22(13-11-21)18-4-2-16(3-5-18)14-20-15-17-6-8-19-9-7-17/h2-5,17,19-20H,6-15H2,1H3. The summed E-state index contributed by atoms with van der Waals surface area (Å²) in [6.45, 7) is 9.14. The molecule has 0 aromatic heterocycles. The minimum Gasteiger partial charge on any atom is -0.369 e. The van der Waals surface area contributed by atoms with E-state index in [1.807, 2.05) is 0 Å². The Morgan fingerprint density at radius 2 is 1.73 bits per heavy atom. The first-order valence-electron chi connectivity index (χ1n) is 8.75. The summed E-state index contributed by atoms with van der Waals surface area (Å²) in [7, 11) is 2.20. The van der Waals surface area contributed by atoms with Gasteiger partial charge in [0.25, 0.3) is 0 Å². The van der Waals surface area contributed by atoms with Crippen LogP contribution in [0.1, 0.15) is 18.4 Å². The van der Waals surface area contributed by atoms with Crippen LogP contribution in [0, 0.1) is 5.92 Å². The maximum atomic E-state index is 3.63. The van der Waals surface area contributed by atoms with Gasteiger partial charge >= 0.3 is 0 Å². The molecule has 0 spiro atoms. The number of benzene rings is 1. The van der Waals surface area contributed by atoms with Gasteiger partial charge in [-0.15, -0.1) is 0 Å². The highest BCUT2D eigenvalue weighted by Gasteiger charge is 2.14. The number of anilines is 1. The van der Waals surface area contributed by atoms with Crippen LogP contribution in [0.5, 0.6) is 0 Å². The smallest absolute Gasteiger partial charge is 0.0367 e. The van der Waals surface area contributed by atoms with Crippen LogP contribution in [-0.2, 0) is 6.54 Å². The van der Waals surface area contributed by atoms with Gasteiger partial charge in [0.15, 0.2) is 0 Å². The second kappa shape index (κ2) is 7.95. The van der Waals surface area contributed by atoms with E-state index in [2.05, 4.69) is 51.7 Å². The topological polar surface area (TPSA) is 30.5 Å². The summed E-state index contributed by atoms with van der Waals surface area (Å²) in [6, 6.07) is 9.13. The molecule has 2 saturated heterocycles. The lowest BCUT2D eigenvalue weighted by molar-refractivity contribution is 0.313. The van der Waals surface area contributed by atoms with Crippen molar-refractivity contribution in [2.75, 3.05) is 57.8 Å².